The molecule has 0 radical (unpaired) electrons. The first-order chi connectivity index (χ1) is 33.1. The maximum absolute atomic E-state index is 4.01. The summed E-state index contributed by atoms with van der Waals surface area (Å²) in [5, 5.41) is 8.03. The van der Waals surface area contributed by atoms with Crippen molar-refractivity contribution in [2.75, 3.05) is 10.6 Å². The number of unbranched alkanes of at least 4 members (excludes halogenated alkanes) is 22. The molecule has 2 nitrogen and oxygen atoms in total. The van der Waals surface area contributed by atoms with Gasteiger partial charge in [0.25, 0.3) is 0 Å². The fourth-order valence-electron chi connectivity index (χ4n) is 14.5. The zero-order chi connectivity index (χ0) is 47.9. The minimum absolute atomic E-state index is 0.169. The van der Waals surface area contributed by atoms with Crippen LogP contribution < -0.4 is 10.6 Å². The Labute approximate surface area is 418 Å². The topological polar surface area (TPSA) is 24.1 Å². The van der Waals surface area contributed by atoms with E-state index in [-0.39, 0.29) is 10.8 Å². The summed E-state index contributed by atoms with van der Waals surface area (Å²) < 4.78 is 0. The SMILES string of the molecule is CCCCCCCCCCCCCCC1CC23CC(CCCCCCCCCCCCCC)CC2(C1)c1cc(Nc2c(C)cc(C)cc2C)ccc1-c1ccc(Nc2c(C)cc(C)cc2C)cc13. The van der Waals surface area contributed by atoms with Gasteiger partial charge in [0.15, 0.2) is 0 Å². The van der Waals surface area contributed by atoms with Crippen LogP contribution in [0.5, 0.6) is 0 Å². The molecule has 68 heavy (non-hydrogen) atoms. The van der Waals surface area contributed by atoms with Gasteiger partial charge in [-0.2, -0.15) is 0 Å². The summed E-state index contributed by atoms with van der Waals surface area (Å²) in [6.45, 7) is 18.2. The lowest BCUT2D eigenvalue weighted by Crippen LogP contribution is -2.43. The van der Waals surface area contributed by atoms with Gasteiger partial charge in [0.1, 0.15) is 0 Å². The molecule has 2 heteroatoms. The monoisotopic (exact) mass is 919 g/mol. The molecule has 0 bridgehead atoms. The number of fused-ring (bicyclic) bond motifs is 3. The zero-order valence-electron chi connectivity index (χ0n) is 45.1. The van der Waals surface area contributed by atoms with Crippen LogP contribution in [-0.2, 0) is 10.8 Å². The van der Waals surface area contributed by atoms with Crippen molar-refractivity contribution in [3.63, 3.8) is 0 Å². The molecule has 2 N–H and O–H groups in total. The average Bonchev–Trinajstić information content (AvgIpc) is 3.81. The van der Waals surface area contributed by atoms with Gasteiger partial charge in [-0.25, -0.2) is 0 Å². The van der Waals surface area contributed by atoms with Gasteiger partial charge in [0.2, 0.25) is 0 Å². The van der Waals surface area contributed by atoms with Crippen molar-refractivity contribution in [3.8, 4) is 11.1 Å². The minimum atomic E-state index is 0.169. The third kappa shape index (κ3) is 12.9. The molecule has 0 heterocycles. The summed E-state index contributed by atoms with van der Waals surface area (Å²) in [5.41, 5.74) is 19.8. The highest BCUT2D eigenvalue weighted by atomic mass is 14.9. The Balaban J connectivity index is 1.13. The standard InChI is InChI=1S/C66H98N2/c1-9-11-13-15-17-19-21-23-25-27-29-31-33-55-45-65-47-56(34-32-30-28-26-24-22-20-18-16-14-12-10-2)48-66(65,46-55)62-44-58(68-64-53(7)41-50(4)42-54(64)8)36-38-60(62)59-37-35-57(43-61(59)65)67-63-51(5)39-49(3)40-52(63)6/h35-44,55-56,67-68H,9-34,45-48H2,1-8H3. The Hall–Kier alpha value is -3.52. The first-order valence-corrected chi connectivity index (χ1v) is 29.1. The van der Waals surface area contributed by atoms with Crippen LogP contribution in [-0.4, -0.2) is 0 Å². The molecular weight excluding hydrogens is 821 g/mol. The van der Waals surface area contributed by atoms with E-state index in [1.54, 1.807) is 11.1 Å². The summed E-state index contributed by atoms with van der Waals surface area (Å²) in [4.78, 5) is 0. The van der Waals surface area contributed by atoms with E-state index >= 15 is 0 Å². The normalized spacial score (nSPS) is 20.3. The lowest BCUT2D eigenvalue weighted by molar-refractivity contribution is 0.299. The van der Waals surface area contributed by atoms with Crippen LogP contribution >= 0.6 is 0 Å². The van der Waals surface area contributed by atoms with Crippen molar-refractivity contribution >= 4 is 22.7 Å². The molecule has 7 rings (SSSR count). The predicted octanol–water partition coefficient (Wildman–Crippen LogP) is 21.2. The molecule has 4 aromatic rings. The Bertz CT molecular complexity index is 1980. The summed E-state index contributed by atoms with van der Waals surface area (Å²) >= 11 is 0. The zero-order valence-corrected chi connectivity index (χ0v) is 45.1. The number of benzene rings is 4. The van der Waals surface area contributed by atoms with Crippen LogP contribution in [0, 0.1) is 53.4 Å². The minimum Gasteiger partial charge on any atom is -0.355 e. The van der Waals surface area contributed by atoms with Gasteiger partial charge in [0.05, 0.1) is 0 Å². The number of rotatable bonds is 30. The third-order valence-electron chi connectivity index (χ3n) is 17.6. The van der Waals surface area contributed by atoms with Crippen LogP contribution in [0.15, 0.2) is 60.7 Å². The van der Waals surface area contributed by atoms with Crippen molar-refractivity contribution in [1.82, 2.24) is 0 Å². The molecule has 2 fully saturated rings. The van der Waals surface area contributed by atoms with Crippen molar-refractivity contribution < 1.29 is 0 Å². The van der Waals surface area contributed by atoms with Gasteiger partial charge >= 0.3 is 0 Å². The highest BCUT2D eigenvalue weighted by Crippen LogP contribution is 2.73. The van der Waals surface area contributed by atoms with Gasteiger partial charge in [-0.1, -0.05) is 228 Å². The summed E-state index contributed by atoms with van der Waals surface area (Å²) in [5.74, 6) is 1.56. The number of anilines is 4. The van der Waals surface area contributed by atoms with E-state index in [9.17, 15) is 0 Å². The molecule has 0 amide bonds. The fourth-order valence-corrected chi connectivity index (χ4v) is 14.5. The molecular formula is C66H98N2. The number of hydrogen-bond donors (Lipinski definition) is 2. The highest BCUT2D eigenvalue weighted by Gasteiger charge is 2.66. The van der Waals surface area contributed by atoms with Crippen LogP contribution in [0.25, 0.3) is 11.1 Å². The largest absolute Gasteiger partial charge is 0.355 e. The van der Waals surface area contributed by atoms with E-state index < -0.39 is 0 Å². The molecule has 3 aliphatic carbocycles. The molecule has 0 unspecified atom stereocenters. The van der Waals surface area contributed by atoms with E-state index in [0.717, 1.165) is 11.8 Å². The molecule has 0 aromatic heterocycles. The fraction of sp³-hybridized carbons (Fsp3) is 0.636. The smallest absolute Gasteiger partial charge is 0.0443 e. The van der Waals surface area contributed by atoms with Crippen molar-refractivity contribution in [3.05, 3.63) is 105 Å². The molecule has 3 aliphatic rings. The first-order valence-electron chi connectivity index (χ1n) is 29.1. The maximum atomic E-state index is 4.01. The second-order valence-electron chi connectivity index (χ2n) is 23.4. The van der Waals surface area contributed by atoms with Crippen molar-refractivity contribution in [2.45, 2.75) is 259 Å². The van der Waals surface area contributed by atoms with Gasteiger partial charge < -0.3 is 10.6 Å². The van der Waals surface area contributed by atoms with Crippen LogP contribution in [0.3, 0.4) is 0 Å². The van der Waals surface area contributed by atoms with Gasteiger partial charge in [-0.3, -0.25) is 0 Å². The quantitative estimate of drug-likeness (QED) is 0.0509. The maximum Gasteiger partial charge on any atom is 0.0443 e. The predicted molar refractivity (Wildman–Crippen MR) is 300 cm³/mol. The second kappa shape index (κ2) is 25.6. The third-order valence-corrected chi connectivity index (χ3v) is 17.6. The van der Waals surface area contributed by atoms with E-state index in [4.69, 9.17) is 0 Å². The molecule has 2 saturated carbocycles. The summed E-state index contributed by atoms with van der Waals surface area (Å²) in [7, 11) is 0. The van der Waals surface area contributed by atoms with Crippen molar-refractivity contribution in [2.24, 2.45) is 11.8 Å². The Morgan fingerprint density at radius 2 is 0.647 bits per heavy atom. The highest BCUT2D eigenvalue weighted by molar-refractivity contribution is 5.84. The van der Waals surface area contributed by atoms with E-state index in [1.165, 1.54) is 260 Å². The summed E-state index contributed by atoms with van der Waals surface area (Å²) in [6.07, 6.45) is 42.4. The molecule has 4 aromatic carbocycles. The Morgan fingerprint density at radius 3 is 0.941 bits per heavy atom. The second-order valence-corrected chi connectivity index (χ2v) is 23.4. The molecule has 372 valence electrons. The molecule has 0 aliphatic heterocycles. The van der Waals surface area contributed by atoms with Gasteiger partial charge in [-0.05, 0) is 148 Å². The first kappa shape index (κ1) is 52.3. The van der Waals surface area contributed by atoms with Crippen LogP contribution in [0.2, 0.25) is 0 Å². The number of hydrogen-bond acceptors (Lipinski definition) is 2. The lowest BCUT2D eigenvalue weighted by atomic mass is 9.55. The van der Waals surface area contributed by atoms with Crippen LogP contribution in [0.1, 0.15) is 251 Å². The molecule has 0 atom stereocenters. The van der Waals surface area contributed by atoms with E-state index in [2.05, 4.69) is 127 Å². The number of aryl methyl sites for hydroxylation is 6. The lowest BCUT2D eigenvalue weighted by Gasteiger charge is -2.48. The van der Waals surface area contributed by atoms with Crippen LogP contribution in [0.4, 0.5) is 22.7 Å². The molecule has 0 saturated heterocycles. The van der Waals surface area contributed by atoms with Crippen molar-refractivity contribution in [1.29, 1.82) is 0 Å². The summed E-state index contributed by atoms with van der Waals surface area (Å²) in [6, 6.07) is 24.5. The number of nitrogens with one attached hydrogen (secondary N) is 2. The van der Waals surface area contributed by atoms with Gasteiger partial charge in [0, 0.05) is 33.6 Å². The van der Waals surface area contributed by atoms with E-state index in [1.807, 2.05) is 0 Å². The molecule has 0 spiro atoms. The Morgan fingerprint density at radius 1 is 0.368 bits per heavy atom. The van der Waals surface area contributed by atoms with E-state index in [0.29, 0.717) is 0 Å². The van der Waals surface area contributed by atoms with Gasteiger partial charge in [-0.15, -0.1) is 0 Å². The average molecular weight is 920 g/mol. The Kier molecular flexibility index (Phi) is 19.7.